The third-order valence-electron chi connectivity index (χ3n) is 7.44. The summed E-state index contributed by atoms with van der Waals surface area (Å²) in [6, 6.07) is 45.1. The molecule has 1 aromatic heterocycles. The second-order valence-corrected chi connectivity index (χ2v) is 12.7. The molecule has 0 saturated heterocycles. The van der Waals surface area contributed by atoms with Gasteiger partial charge < -0.3 is 4.57 Å². The first-order valence-electron chi connectivity index (χ1n) is 13.0. The summed E-state index contributed by atoms with van der Waals surface area (Å²) in [5.41, 5.74) is 9.01. The lowest BCUT2D eigenvalue weighted by molar-refractivity contribution is 0.591. The predicted octanol–water partition coefficient (Wildman–Crippen LogP) is 8.07. The molecule has 4 heteroatoms. The number of aromatic nitrogens is 2. The van der Waals surface area contributed by atoms with Gasteiger partial charge in [0, 0.05) is 27.3 Å². The number of hydrogen-bond donors (Lipinski definition) is 0. The van der Waals surface area contributed by atoms with Gasteiger partial charge in [-0.15, -0.1) is 0 Å². The monoisotopic (exact) mass is 520 g/mol. The van der Waals surface area contributed by atoms with E-state index in [9.17, 15) is 4.57 Å². The van der Waals surface area contributed by atoms with E-state index in [1.165, 1.54) is 0 Å². The van der Waals surface area contributed by atoms with Crippen molar-refractivity contribution >= 4 is 17.8 Å². The van der Waals surface area contributed by atoms with Gasteiger partial charge in [-0.05, 0) is 35.0 Å². The lowest BCUT2D eigenvalue weighted by atomic mass is 9.98. The molecule has 3 nitrogen and oxygen atoms in total. The highest BCUT2D eigenvalue weighted by Crippen LogP contribution is 2.52. The average Bonchev–Trinajstić information content (AvgIpc) is 3.25. The molecule has 39 heavy (non-hydrogen) atoms. The lowest BCUT2D eigenvalue weighted by Crippen LogP contribution is -2.11. The quantitative estimate of drug-likeness (QED) is 0.221. The van der Waals surface area contributed by atoms with Crippen molar-refractivity contribution < 1.29 is 4.57 Å². The molecule has 0 saturated carbocycles. The summed E-state index contributed by atoms with van der Waals surface area (Å²) >= 11 is 0. The highest BCUT2D eigenvalue weighted by Gasteiger charge is 2.36. The SMILES string of the molecule is CP1(=O)c2ccccc2-c2cccc(-c3ccc(-c4cc(-c5ccccc5)nc(-c5ccccc5)n4)cc3)c21. The molecular formula is C35H25N2OP. The Morgan fingerprint density at radius 2 is 1.00 bits per heavy atom. The van der Waals surface area contributed by atoms with Gasteiger partial charge in [0.2, 0.25) is 0 Å². The van der Waals surface area contributed by atoms with Crippen molar-refractivity contribution in [3.05, 3.63) is 133 Å². The van der Waals surface area contributed by atoms with E-state index in [2.05, 4.69) is 60.7 Å². The van der Waals surface area contributed by atoms with Crippen LogP contribution in [-0.2, 0) is 4.57 Å². The Morgan fingerprint density at radius 3 is 1.69 bits per heavy atom. The summed E-state index contributed by atoms with van der Waals surface area (Å²) in [5.74, 6) is 0.696. The van der Waals surface area contributed by atoms with Crippen LogP contribution in [0.1, 0.15) is 0 Å². The largest absolute Gasteiger partial charge is 0.314 e. The number of benzene rings is 5. The highest BCUT2D eigenvalue weighted by molar-refractivity contribution is 7.79. The molecule has 2 heterocycles. The zero-order chi connectivity index (χ0) is 26.4. The van der Waals surface area contributed by atoms with E-state index in [0.717, 1.165) is 60.9 Å². The molecule has 1 atom stereocenters. The second kappa shape index (κ2) is 9.31. The molecule has 5 aromatic carbocycles. The van der Waals surface area contributed by atoms with Crippen molar-refractivity contribution in [3.63, 3.8) is 0 Å². The third-order valence-corrected chi connectivity index (χ3v) is 10.1. The maximum absolute atomic E-state index is 14.1. The van der Waals surface area contributed by atoms with E-state index in [0.29, 0.717) is 5.82 Å². The molecule has 6 aromatic rings. The molecule has 7 rings (SSSR count). The van der Waals surface area contributed by atoms with Crippen molar-refractivity contribution in [1.29, 1.82) is 0 Å². The Morgan fingerprint density at radius 1 is 0.487 bits per heavy atom. The Bertz CT molecular complexity index is 1820. The fraction of sp³-hybridized carbons (Fsp3) is 0.0286. The molecule has 0 fully saturated rings. The van der Waals surface area contributed by atoms with E-state index in [1.54, 1.807) is 0 Å². The first kappa shape index (κ1) is 23.5. The van der Waals surface area contributed by atoms with Crippen molar-refractivity contribution in [2.24, 2.45) is 0 Å². The normalized spacial score (nSPS) is 15.5. The van der Waals surface area contributed by atoms with Gasteiger partial charge in [-0.25, -0.2) is 9.97 Å². The van der Waals surface area contributed by atoms with Gasteiger partial charge in [0.25, 0.3) is 0 Å². The van der Waals surface area contributed by atoms with Gasteiger partial charge in [0.1, 0.15) is 7.14 Å². The Hall–Kier alpha value is -4.59. The molecule has 1 unspecified atom stereocenters. The average molecular weight is 521 g/mol. The first-order chi connectivity index (χ1) is 19.1. The molecule has 0 aliphatic carbocycles. The van der Waals surface area contributed by atoms with Crippen molar-refractivity contribution in [2.45, 2.75) is 0 Å². The lowest BCUT2D eigenvalue weighted by Gasteiger charge is -2.15. The van der Waals surface area contributed by atoms with Crippen LogP contribution in [-0.4, -0.2) is 16.6 Å². The zero-order valence-corrected chi connectivity index (χ0v) is 22.3. The summed E-state index contributed by atoms with van der Waals surface area (Å²) in [4.78, 5) is 9.85. The van der Waals surface area contributed by atoms with Crippen molar-refractivity contribution in [1.82, 2.24) is 9.97 Å². The molecule has 0 N–H and O–H groups in total. The van der Waals surface area contributed by atoms with Gasteiger partial charge in [-0.3, -0.25) is 0 Å². The molecule has 0 amide bonds. The summed E-state index contributed by atoms with van der Waals surface area (Å²) in [5, 5.41) is 1.91. The third kappa shape index (κ3) is 4.03. The van der Waals surface area contributed by atoms with Crippen molar-refractivity contribution in [3.8, 4) is 56.2 Å². The summed E-state index contributed by atoms with van der Waals surface area (Å²) in [6.07, 6.45) is 0. The maximum atomic E-state index is 14.1. The van der Waals surface area contributed by atoms with Gasteiger partial charge in [0.15, 0.2) is 5.82 Å². The number of nitrogens with zero attached hydrogens (tertiary/aromatic N) is 2. The minimum atomic E-state index is -2.70. The zero-order valence-electron chi connectivity index (χ0n) is 21.5. The topological polar surface area (TPSA) is 42.9 Å². The van der Waals surface area contributed by atoms with E-state index >= 15 is 0 Å². The smallest absolute Gasteiger partial charge is 0.160 e. The van der Waals surface area contributed by atoms with Crippen LogP contribution in [0.4, 0.5) is 0 Å². The Balaban J connectivity index is 1.33. The molecule has 1 aliphatic rings. The number of hydrogen-bond acceptors (Lipinski definition) is 3. The summed E-state index contributed by atoms with van der Waals surface area (Å²) < 4.78 is 14.1. The van der Waals surface area contributed by atoms with E-state index in [1.807, 2.05) is 79.5 Å². The Labute approximate surface area is 228 Å². The molecule has 1 aliphatic heterocycles. The van der Waals surface area contributed by atoms with Crippen LogP contribution in [0.3, 0.4) is 0 Å². The minimum Gasteiger partial charge on any atom is -0.314 e. The van der Waals surface area contributed by atoms with Crippen LogP contribution in [0, 0.1) is 0 Å². The first-order valence-corrected chi connectivity index (χ1v) is 15.2. The molecule has 0 bridgehead atoms. The van der Waals surface area contributed by atoms with Crippen molar-refractivity contribution in [2.75, 3.05) is 6.66 Å². The standard InChI is InChI=1S/C35H25N2OP/c1-39(38)33-18-9-8-15-29(33)30-17-10-16-28(34(30)39)24-19-21-26(22-20-24)32-23-31(25-11-4-2-5-12-25)36-35(37-32)27-13-6-3-7-14-27/h2-23H,1H3. The van der Waals surface area contributed by atoms with Gasteiger partial charge >= 0.3 is 0 Å². The van der Waals surface area contributed by atoms with Crippen LogP contribution in [0.2, 0.25) is 0 Å². The number of rotatable bonds is 4. The fourth-order valence-electron chi connectivity index (χ4n) is 5.54. The van der Waals surface area contributed by atoms with Crippen LogP contribution < -0.4 is 10.6 Å². The van der Waals surface area contributed by atoms with Gasteiger partial charge in [0.05, 0.1) is 11.4 Å². The summed E-state index contributed by atoms with van der Waals surface area (Å²) in [6.45, 7) is 1.90. The van der Waals surface area contributed by atoms with E-state index in [-0.39, 0.29) is 0 Å². The van der Waals surface area contributed by atoms with E-state index < -0.39 is 7.14 Å². The minimum absolute atomic E-state index is 0.696. The fourth-order valence-corrected chi connectivity index (χ4v) is 8.12. The number of fused-ring (bicyclic) bond motifs is 3. The van der Waals surface area contributed by atoms with Crippen LogP contribution in [0.25, 0.3) is 56.2 Å². The second-order valence-electron chi connectivity index (χ2n) is 9.91. The molecule has 0 radical (unpaired) electrons. The predicted molar refractivity (Wildman–Crippen MR) is 162 cm³/mol. The van der Waals surface area contributed by atoms with Crippen LogP contribution >= 0.6 is 7.14 Å². The van der Waals surface area contributed by atoms with Gasteiger partial charge in [-0.2, -0.15) is 0 Å². The summed E-state index contributed by atoms with van der Waals surface area (Å²) in [7, 11) is -2.70. The van der Waals surface area contributed by atoms with Crippen LogP contribution in [0.5, 0.6) is 0 Å². The van der Waals surface area contributed by atoms with Gasteiger partial charge in [-0.1, -0.05) is 127 Å². The Kier molecular flexibility index (Phi) is 5.61. The maximum Gasteiger partial charge on any atom is 0.160 e. The highest BCUT2D eigenvalue weighted by atomic mass is 31.2. The van der Waals surface area contributed by atoms with E-state index in [4.69, 9.17) is 9.97 Å². The molecule has 186 valence electrons. The van der Waals surface area contributed by atoms with Crippen LogP contribution in [0.15, 0.2) is 133 Å². The molecular weight excluding hydrogens is 495 g/mol. The molecule has 0 spiro atoms.